The van der Waals surface area contributed by atoms with Gasteiger partial charge in [-0.25, -0.2) is 0 Å². The van der Waals surface area contributed by atoms with Crippen LogP contribution in [0, 0.1) is 0 Å². The van der Waals surface area contributed by atoms with Crippen molar-refractivity contribution in [3.8, 4) is 11.1 Å². The van der Waals surface area contributed by atoms with Crippen molar-refractivity contribution in [3.05, 3.63) is 59.1 Å². The zero-order valence-electron chi connectivity index (χ0n) is 11.4. The van der Waals surface area contributed by atoms with E-state index in [-0.39, 0.29) is 0 Å². The molecule has 0 aliphatic rings. The third-order valence-corrected chi connectivity index (χ3v) is 2.92. The highest BCUT2D eigenvalue weighted by molar-refractivity contribution is 6.30. The van der Waals surface area contributed by atoms with Crippen molar-refractivity contribution in [3.63, 3.8) is 0 Å². The Morgan fingerprint density at radius 1 is 0.778 bits per heavy atom. The molecule has 0 saturated heterocycles. The van der Waals surface area contributed by atoms with Crippen LogP contribution in [0.3, 0.4) is 0 Å². The van der Waals surface area contributed by atoms with E-state index in [2.05, 4.69) is 43.3 Å². The molecule has 1 heteroatoms. The molecule has 0 saturated carbocycles. The summed E-state index contributed by atoms with van der Waals surface area (Å²) in [5.41, 5.74) is 3.86. The Morgan fingerprint density at radius 2 is 1.22 bits per heavy atom. The molecule has 0 atom stereocenters. The lowest BCUT2D eigenvalue weighted by molar-refractivity contribution is 0.922. The predicted octanol–water partition coefficient (Wildman–Crippen LogP) is 5.99. The largest absolute Gasteiger partial charge is 0.0843 e. The Hall–Kier alpha value is -1.27. The monoisotopic (exact) mass is 260 g/mol. The van der Waals surface area contributed by atoms with Gasteiger partial charge in [0.2, 0.25) is 0 Å². The molecule has 18 heavy (non-hydrogen) atoms. The molecule has 0 heterocycles. The molecule has 2 rings (SSSR count). The first-order valence-electron chi connectivity index (χ1n) is 6.64. The summed E-state index contributed by atoms with van der Waals surface area (Å²) in [5, 5.41) is 0.784. The minimum Gasteiger partial charge on any atom is -0.0843 e. The van der Waals surface area contributed by atoms with E-state index in [9.17, 15) is 0 Å². The molecule has 2 aromatic carbocycles. The molecule has 0 bridgehead atoms. The summed E-state index contributed by atoms with van der Waals surface area (Å²) in [7, 11) is 0. The van der Waals surface area contributed by atoms with E-state index in [1.807, 2.05) is 26.0 Å². The molecule has 0 aliphatic heterocycles. The fourth-order valence-corrected chi connectivity index (χ4v) is 1.92. The van der Waals surface area contributed by atoms with E-state index in [1.165, 1.54) is 23.1 Å². The van der Waals surface area contributed by atoms with E-state index in [0.29, 0.717) is 0 Å². The summed E-state index contributed by atoms with van der Waals surface area (Å²) in [4.78, 5) is 0. The number of rotatable bonds is 3. The lowest BCUT2D eigenvalue weighted by Crippen LogP contribution is -1.83. The Morgan fingerprint density at radius 3 is 1.67 bits per heavy atom. The van der Waals surface area contributed by atoms with E-state index in [1.54, 1.807) is 0 Å². The number of halogens is 1. The highest BCUT2D eigenvalue weighted by atomic mass is 35.5. The van der Waals surface area contributed by atoms with Gasteiger partial charge in [0.05, 0.1) is 0 Å². The first kappa shape index (κ1) is 14.8. The zero-order chi connectivity index (χ0) is 13.4. The third-order valence-electron chi connectivity index (χ3n) is 2.67. The van der Waals surface area contributed by atoms with Crippen LogP contribution in [-0.4, -0.2) is 0 Å². The Kier molecular flexibility index (Phi) is 6.53. The van der Waals surface area contributed by atoms with Crippen LogP contribution in [0.5, 0.6) is 0 Å². The average molecular weight is 261 g/mol. The standard InChI is InChI=1S/C15H15Cl.C2H6/c1-2-3-12-4-6-13(7-5-12)14-8-10-15(16)11-9-14;1-2/h4-11H,2-3H2,1H3;1-2H3. The van der Waals surface area contributed by atoms with E-state index >= 15 is 0 Å². The summed E-state index contributed by atoms with van der Waals surface area (Å²) in [5.74, 6) is 0. The van der Waals surface area contributed by atoms with Crippen molar-refractivity contribution in [2.24, 2.45) is 0 Å². The topological polar surface area (TPSA) is 0 Å². The SMILES string of the molecule is CC.CCCc1ccc(-c2ccc(Cl)cc2)cc1. The average Bonchev–Trinajstić information content (AvgIpc) is 2.43. The van der Waals surface area contributed by atoms with Gasteiger partial charge in [-0.2, -0.15) is 0 Å². The fraction of sp³-hybridized carbons (Fsp3) is 0.294. The molecule has 0 fully saturated rings. The van der Waals surface area contributed by atoms with Gasteiger partial charge in [-0.15, -0.1) is 0 Å². The maximum atomic E-state index is 5.87. The van der Waals surface area contributed by atoms with Crippen molar-refractivity contribution in [2.75, 3.05) is 0 Å². The summed E-state index contributed by atoms with van der Waals surface area (Å²) in [6.45, 7) is 6.20. The number of hydrogen-bond donors (Lipinski definition) is 0. The second-order valence-corrected chi connectivity index (χ2v) is 4.39. The van der Waals surface area contributed by atoms with Crippen LogP contribution >= 0.6 is 11.6 Å². The third kappa shape index (κ3) is 4.19. The number of aryl methyl sites for hydroxylation is 1. The van der Waals surface area contributed by atoms with Gasteiger partial charge in [-0.1, -0.05) is 75.2 Å². The normalized spacial score (nSPS) is 9.56. The maximum Gasteiger partial charge on any atom is 0.0406 e. The quantitative estimate of drug-likeness (QED) is 0.636. The van der Waals surface area contributed by atoms with Gasteiger partial charge in [0.15, 0.2) is 0 Å². The lowest BCUT2D eigenvalue weighted by Gasteiger charge is -2.03. The molecular weight excluding hydrogens is 240 g/mol. The molecule has 0 N–H and O–H groups in total. The molecule has 96 valence electrons. The van der Waals surface area contributed by atoms with Gasteiger partial charge in [0, 0.05) is 5.02 Å². The second kappa shape index (κ2) is 7.94. The Bertz CT molecular complexity index is 440. The summed E-state index contributed by atoms with van der Waals surface area (Å²) in [6.07, 6.45) is 2.35. The fourth-order valence-electron chi connectivity index (χ4n) is 1.79. The molecule has 0 aliphatic carbocycles. The van der Waals surface area contributed by atoms with Crippen LogP contribution in [0.25, 0.3) is 11.1 Å². The van der Waals surface area contributed by atoms with Crippen LogP contribution in [0.4, 0.5) is 0 Å². The van der Waals surface area contributed by atoms with Crippen LogP contribution in [0.2, 0.25) is 5.02 Å². The van der Waals surface area contributed by atoms with Gasteiger partial charge in [-0.05, 0) is 35.2 Å². The smallest absolute Gasteiger partial charge is 0.0406 e. The van der Waals surface area contributed by atoms with Gasteiger partial charge in [0.25, 0.3) is 0 Å². The van der Waals surface area contributed by atoms with Crippen molar-refractivity contribution >= 4 is 11.6 Å². The van der Waals surface area contributed by atoms with Crippen molar-refractivity contribution < 1.29 is 0 Å². The molecule has 0 spiro atoms. The molecule has 0 amide bonds. The summed E-state index contributed by atoms with van der Waals surface area (Å²) >= 11 is 5.87. The highest BCUT2D eigenvalue weighted by Crippen LogP contribution is 2.22. The highest BCUT2D eigenvalue weighted by Gasteiger charge is 1.97. The number of hydrogen-bond acceptors (Lipinski definition) is 0. The molecule has 0 nitrogen and oxygen atoms in total. The van der Waals surface area contributed by atoms with E-state index < -0.39 is 0 Å². The zero-order valence-corrected chi connectivity index (χ0v) is 12.2. The Balaban J connectivity index is 0.000000771. The summed E-state index contributed by atoms with van der Waals surface area (Å²) in [6, 6.07) is 16.7. The maximum absolute atomic E-state index is 5.87. The lowest BCUT2D eigenvalue weighted by atomic mass is 10.0. The minimum atomic E-state index is 0.784. The summed E-state index contributed by atoms with van der Waals surface area (Å²) < 4.78 is 0. The van der Waals surface area contributed by atoms with Gasteiger partial charge < -0.3 is 0 Å². The number of benzene rings is 2. The molecule has 0 aromatic heterocycles. The Labute approximate surface area is 116 Å². The minimum absolute atomic E-state index is 0.784. The van der Waals surface area contributed by atoms with E-state index in [0.717, 1.165) is 11.4 Å². The molecule has 0 unspecified atom stereocenters. The first-order chi connectivity index (χ1) is 8.79. The molecular formula is C17H21Cl. The van der Waals surface area contributed by atoms with E-state index in [4.69, 9.17) is 11.6 Å². The predicted molar refractivity (Wildman–Crippen MR) is 82.2 cm³/mol. The molecule has 0 radical (unpaired) electrons. The molecule has 2 aromatic rings. The van der Waals surface area contributed by atoms with Gasteiger partial charge in [0.1, 0.15) is 0 Å². The first-order valence-corrected chi connectivity index (χ1v) is 7.02. The van der Waals surface area contributed by atoms with Crippen molar-refractivity contribution in [2.45, 2.75) is 33.6 Å². The van der Waals surface area contributed by atoms with Gasteiger partial charge >= 0.3 is 0 Å². The van der Waals surface area contributed by atoms with Crippen molar-refractivity contribution in [1.29, 1.82) is 0 Å². The van der Waals surface area contributed by atoms with Crippen LogP contribution in [0.1, 0.15) is 32.8 Å². The van der Waals surface area contributed by atoms with Crippen LogP contribution in [0.15, 0.2) is 48.5 Å². The van der Waals surface area contributed by atoms with Crippen LogP contribution in [-0.2, 0) is 6.42 Å². The van der Waals surface area contributed by atoms with Crippen LogP contribution < -0.4 is 0 Å². The van der Waals surface area contributed by atoms with Crippen molar-refractivity contribution in [1.82, 2.24) is 0 Å². The van der Waals surface area contributed by atoms with Gasteiger partial charge in [-0.3, -0.25) is 0 Å². The second-order valence-electron chi connectivity index (χ2n) is 3.95.